The molecule has 0 bridgehead atoms. The van der Waals surface area contributed by atoms with Gasteiger partial charge in [0.25, 0.3) is 0 Å². The Bertz CT molecular complexity index is 193. The molecule has 0 fully saturated rings. The second-order valence-electron chi connectivity index (χ2n) is 5.22. The number of hydrogen-bond donors (Lipinski definition) is 1. The van der Waals surface area contributed by atoms with Crippen molar-refractivity contribution in [3.8, 4) is 0 Å². The van der Waals surface area contributed by atoms with Gasteiger partial charge in [0.1, 0.15) is 0 Å². The summed E-state index contributed by atoms with van der Waals surface area (Å²) < 4.78 is 5.21. The molecule has 0 rings (SSSR count). The molecule has 0 spiro atoms. The minimum atomic E-state index is -0.0856. The monoisotopic (exact) mass is 243 g/mol. The van der Waals surface area contributed by atoms with Gasteiger partial charge in [-0.2, -0.15) is 0 Å². The summed E-state index contributed by atoms with van der Waals surface area (Å²) in [5.41, 5.74) is 5.66. The maximum Gasteiger partial charge on any atom is 0.306 e. The number of nitrogens with two attached hydrogens (primary N) is 1. The van der Waals surface area contributed by atoms with Crippen LogP contribution < -0.4 is 5.73 Å². The van der Waals surface area contributed by atoms with E-state index in [2.05, 4.69) is 20.8 Å². The average molecular weight is 243 g/mol. The van der Waals surface area contributed by atoms with E-state index in [1.165, 1.54) is 12.8 Å². The zero-order valence-corrected chi connectivity index (χ0v) is 11.7. The summed E-state index contributed by atoms with van der Waals surface area (Å²) in [6.07, 6.45) is 6.03. The first kappa shape index (κ1) is 16.4. The van der Waals surface area contributed by atoms with E-state index in [0.717, 1.165) is 19.3 Å². The van der Waals surface area contributed by atoms with Gasteiger partial charge in [-0.3, -0.25) is 4.79 Å². The molecule has 1 atom stereocenters. The van der Waals surface area contributed by atoms with E-state index in [1.807, 2.05) is 0 Å². The Kier molecular flexibility index (Phi) is 10.2. The minimum absolute atomic E-state index is 0.0856. The number of carbonyl (C=O) groups excluding carboxylic acids is 1. The van der Waals surface area contributed by atoms with Gasteiger partial charge in [0.2, 0.25) is 0 Å². The van der Waals surface area contributed by atoms with Crippen LogP contribution in [-0.2, 0) is 9.53 Å². The van der Waals surface area contributed by atoms with Gasteiger partial charge >= 0.3 is 5.97 Å². The molecule has 0 amide bonds. The molecule has 2 N–H and O–H groups in total. The normalized spacial score (nSPS) is 12.8. The highest BCUT2D eigenvalue weighted by Gasteiger charge is 2.14. The summed E-state index contributed by atoms with van der Waals surface area (Å²) in [5, 5.41) is 0. The van der Waals surface area contributed by atoms with Crippen LogP contribution >= 0.6 is 0 Å². The van der Waals surface area contributed by atoms with Crippen LogP contribution in [0, 0.1) is 11.8 Å². The Morgan fingerprint density at radius 1 is 1.24 bits per heavy atom. The zero-order valence-electron chi connectivity index (χ0n) is 11.7. The molecule has 0 heterocycles. The van der Waals surface area contributed by atoms with Crippen molar-refractivity contribution in [2.75, 3.05) is 13.2 Å². The van der Waals surface area contributed by atoms with Crippen LogP contribution in [-0.4, -0.2) is 19.1 Å². The van der Waals surface area contributed by atoms with E-state index < -0.39 is 0 Å². The molecule has 3 heteroatoms. The molecule has 0 aliphatic heterocycles. The Labute approximate surface area is 106 Å². The third-order valence-electron chi connectivity index (χ3n) is 2.85. The van der Waals surface area contributed by atoms with E-state index in [-0.39, 0.29) is 11.9 Å². The van der Waals surface area contributed by atoms with Crippen LogP contribution in [0.2, 0.25) is 0 Å². The highest BCUT2D eigenvalue weighted by Crippen LogP contribution is 2.14. The summed E-state index contributed by atoms with van der Waals surface area (Å²) in [7, 11) is 0. The van der Waals surface area contributed by atoms with Crippen LogP contribution in [0.4, 0.5) is 0 Å². The highest BCUT2D eigenvalue weighted by atomic mass is 16.5. The lowest BCUT2D eigenvalue weighted by molar-refractivity contribution is -0.144. The Hall–Kier alpha value is -0.570. The van der Waals surface area contributed by atoms with Crippen molar-refractivity contribution in [1.29, 1.82) is 0 Å². The maximum atomic E-state index is 11.5. The van der Waals surface area contributed by atoms with E-state index in [9.17, 15) is 4.79 Å². The van der Waals surface area contributed by atoms with Gasteiger partial charge in [-0.1, -0.05) is 40.0 Å². The first-order valence-electron chi connectivity index (χ1n) is 6.95. The molecule has 0 radical (unpaired) electrons. The number of rotatable bonds is 10. The number of unbranched alkanes of at least 4 members (excludes halogenated alkanes) is 3. The van der Waals surface area contributed by atoms with E-state index in [4.69, 9.17) is 10.5 Å². The summed E-state index contributed by atoms with van der Waals surface area (Å²) in [6.45, 7) is 7.61. The fraction of sp³-hybridized carbons (Fsp3) is 0.929. The highest BCUT2D eigenvalue weighted by molar-refractivity contribution is 5.69. The molecule has 102 valence electrons. The molecular weight excluding hydrogens is 214 g/mol. The average Bonchev–Trinajstić information content (AvgIpc) is 2.27. The smallest absolute Gasteiger partial charge is 0.306 e. The molecule has 17 heavy (non-hydrogen) atoms. The SMILES string of the molecule is CCCCCCOC(=O)CC(CN)CC(C)C. The van der Waals surface area contributed by atoms with Crippen LogP contribution in [0.15, 0.2) is 0 Å². The first-order valence-corrected chi connectivity index (χ1v) is 6.95. The van der Waals surface area contributed by atoms with Crippen LogP contribution in [0.5, 0.6) is 0 Å². The maximum absolute atomic E-state index is 11.5. The Morgan fingerprint density at radius 2 is 1.94 bits per heavy atom. The van der Waals surface area contributed by atoms with Crippen molar-refractivity contribution in [2.45, 2.75) is 59.3 Å². The molecule has 0 saturated carbocycles. The van der Waals surface area contributed by atoms with E-state index in [0.29, 0.717) is 25.5 Å². The third kappa shape index (κ3) is 10.3. The van der Waals surface area contributed by atoms with Crippen molar-refractivity contribution >= 4 is 5.97 Å². The topological polar surface area (TPSA) is 52.3 Å². The number of ether oxygens (including phenoxy) is 1. The summed E-state index contributed by atoms with van der Waals surface area (Å²) in [6, 6.07) is 0. The van der Waals surface area contributed by atoms with Gasteiger partial charge in [-0.25, -0.2) is 0 Å². The molecule has 3 nitrogen and oxygen atoms in total. The Morgan fingerprint density at radius 3 is 2.47 bits per heavy atom. The first-order chi connectivity index (χ1) is 8.10. The predicted octanol–water partition coefficient (Wildman–Crippen LogP) is 3.12. The van der Waals surface area contributed by atoms with Crippen molar-refractivity contribution in [2.24, 2.45) is 17.6 Å². The van der Waals surface area contributed by atoms with Crippen LogP contribution in [0.3, 0.4) is 0 Å². The van der Waals surface area contributed by atoms with Crippen molar-refractivity contribution in [3.05, 3.63) is 0 Å². The second-order valence-corrected chi connectivity index (χ2v) is 5.22. The van der Waals surface area contributed by atoms with Gasteiger partial charge in [-0.05, 0) is 31.2 Å². The minimum Gasteiger partial charge on any atom is -0.466 e. The molecule has 1 unspecified atom stereocenters. The standard InChI is InChI=1S/C14H29NO2/c1-4-5-6-7-8-17-14(16)10-13(11-15)9-12(2)3/h12-13H,4-11,15H2,1-3H3. The summed E-state index contributed by atoms with van der Waals surface area (Å²) in [5.74, 6) is 0.775. The Balaban J connectivity index is 3.61. The lowest BCUT2D eigenvalue weighted by atomic mass is 9.94. The fourth-order valence-electron chi connectivity index (χ4n) is 1.94. The number of hydrogen-bond acceptors (Lipinski definition) is 3. The fourth-order valence-corrected chi connectivity index (χ4v) is 1.94. The molecule has 0 aliphatic carbocycles. The largest absolute Gasteiger partial charge is 0.466 e. The third-order valence-corrected chi connectivity index (χ3v) is 2.85. The number of carbonyl (C=O) groups is 1. The van der Waals surface area contributed by atoms with Gasteiger partial charge < -0.3 is 10.5 Å². The van der Waals surface area contributed by atoms with E-state index >= 15 is 0 Å². The lowest BCUT2D eigenvalue weighted by Gasteiger charge is -2.16. The molecule has 0 aromatic carbocycles. The molecule has 0 aromatic heterocycles. The summed E-state index contributed by atoms with van der Waals surface area (Å²) >= 11 is 0. The molecule has 0 saturated heterocycles. The van der Waals surface area contributed by atoms with Crippen LogP contribution in [0.25, 0.3) is 0 Å². The van der Waals surface area contributed by atoms with Crippen molar-refractivity contribution in [3.63, 3.8) is 0 Å². The van der Waals surface area contributed by atoms with E-state index in [1.54, 1.807) is 0 Å². The second kappa shape index (κ2) is 10.6. The van der Waals surface area contributed by atoms with Gasteiger partial charge in [0, 0.05) is 6.42 Å². The zero-order chi connectivity index (χ0) is 13.1. The van der Waals surface area contributed by atoms with Crippen molar-refractivity contribution in [1.82, 2.24) is 0 Å². The van der Waals surface area contributed by atoms with Gasteiger partial charge in [-0.15, -0.1) is 0 Å². The molecule has 0 aromatic rings. The van der Waals surface area contributed by atoms with Gasteiger partial charge in [0.15, 0.2) is 0 Å². The summed E-state index contributed by atoms with van der Waals surface area (Å²) in [4.78, 5) is 11.5. The lowest BCUT2D eigenvalue weighted by Crippen LogP contribution is -2.21. The molecular formula is C14H29NO2. The molecule has 0 aliphatic rings. The van der Waals surface area contributed by atoms with Crippen LogP contribution in [0.1, 0.15) is 59.3 Å². The number of esters is 1. The quantitative estimate of drug-likeness (QED) is 0.474. The van der Waals surface area contributed by atoms with Crippen molar-refractivity contribution < 1.29 is 9.53 Å². The predicted molar refractivity (Wildman–Crippen MR) is 71.7 cm³/mol. The van der Waals surface area contributed by atoms with Gasteiger partial charge in [0.05, 0.1) is 6.61 Å².